The zero-order valence-corrected chi connectivity index (χ0v) is 12.1. The Labute approximate surface area is 123 Å². The van der Waals surface area contributed by atoms with E-state index in [1.165, 1.54) is 12.1 Å². The molecule has 1 amide bonds. The van der Waals surface area contributed by atoms with E-state index < -0.39 is 11.9 Å². The minimum absolute atomic E-state index is 0.0214. The third-order valence-electron chi connectivity index (χ3n) is 3.16. The highest BCUT2D eigenvalue weighted by Crippen LogP contribution is 2.14. The molecule has 0 radical (unpaired) electrons. The number of carbonyl (C=O) groups excluding carboxylic acids is 1. The van der Waals surface area contributed by atoms with Gasteiger partial charge in [-0.3, -0.25) is 14.8 Å². The number of nitrogens with one attached hydrogen (secondary N) is 1. The number of halogens is 1. The minimum atomic E-state index is -0.655. The number of rotatable bonds is 6. The number of aryl methyl sites for hydroxylation is 1. The summed E-state index contributed by atoms with van der Waals surface area (Å²) in [5, 5.41) is 7.36. The van der Waals surface area contributed by atoms with E-state index in [0.29, 0.717) is 12.1 Å². The van der Waals surface area contributed by atoms with E-state index in [9.17, 15) is 9.18 Å². The fourth-order valence-electron chi connectivity index (χ4n) is 2.18. The Hall–Kier alpha value is -2.21. The van der Waals surface area contributed by atoms with Gasteiger partial charge in [0.2, 0.25) is 5.91 Å². The largest absolute Gasteiger partial charge is 0.368 e. The third kappa shape index (κ3) is 4.13. The lowest BCUT2D eigenvalue weighted by Gasteiger charge is -2.21. The first kappa shape index (κ1) is 15.2. The number of nitrogens with zero attached hydrogens (tertiary/aromatic N) is 2. The molecule has 0 aliphatic carbocycles. The molecule has 0 saturated carbocycles. The molecule has 1 heterocycles. The molecular formula is C15H19FN4O. The molecule has 1 aromatic carbocycles. The van der Waals surface area contributed by atoms with Gasteiger partial charge in [-0.15, -0.1) is 0 Å². The maximum Gasteiger partial charge on any atom is 0.239 e. The van der Waals surface area contributed by atoms with Gasteiger partial charge < -0.3 is 5.73 Å². The van der Waals surface area contributed by atoms with Crippen LogP contribution in [0.5, 0.6) is 0 Å². The molecule has 0 fully saturated rings. The van der Waals surface area contributed by atoms with Crippen LogP contribution in [0.15, 0.2) is 36.7 Å². The third-order valence-corrected chi connectivity index (χ3v) is 3.16. The number of hydrogen-bond acceptors (Lipinski definition) is 3. The number of aromatic nitrogens is 2. The van der Waals surface area contributed by atoms with E-state index >= 15 is 0 Å². The summed E-state index contributed by atoms with van der Waals surface area (Å²) in [5.41, 5.74) is 7.16. The summed E-state index contributed by atoms with van der Waals surface area (Å²) in [6, 6.07) is 5.07. The second kappa shape index (κ2) is 6.49. The molecule has 112 valence electrons. The number of hydrogen-bond donors (Lipinski definition) is 2. The highest BCUT2D eigenvalue weighted by Gasteiger charge is 2.20. The lowest BCUT2D eigenvalue weighted by Crippen LogP contribution is -2.40. The quantitative estimate of drug-likeness (QED) is 0.847. The fraction of sp³-hybridized carbons (Fsp3) is 0.333. The van der Waals surface area contributed by atoms with Crippen molar-refractivity contribution < 1.29 is 9.18 Å². The standard InChI is InChI=1S/C15H19FN4O/c1-10-7-18-20(8-10)9-11(2)19-14(15(17)21)12-3-5-13(16)6-4-12/h3-8,11,14,19H,9H2,1-2H3,(H2,17,21)/t11-,14+/m1/s1. The van der Waals surface area contributed by atoms with Gasteiger partial charge in [-0.05, 0) is 37.1 Å². The van der Waals surface area contributed by atoms with Crippen LogP contribution < -0.4 is 11.1 Å². The summed E-state index contributed by atoms with van der Waals surface area (Å²) in [7, 11) is 0. The molecule has 0 aliphatic heterocycles. The Morgan fingerprint density at radius 1 is 1.43 bits per heavy atom. The summed E-state index contributed by atoms with van der Waals surface area (Å²) >= 11 is 0. The molecule has 2 atom stereocenters. The first-order valence-corrected chi connectivity index (χ1v) is 6.75. The highest BCUT2D eigenvalue weighted by atomic mass is 19.1. The molecule has 3 N–H and O–H groups in total. The number of primary amides is 1. The van der Waals surface area contributed by atoms with Crippen LogP contribution in [0.25, 0.3) is 0 Å². The van der Waals surface area contributed by atoms with Crippen molar-refractivity contribution in [3.63, 3.8) is 0 Å². The van der Waals surface area contributed by atoms with Crippen molar-refractivity contribution in [2.45, 2.75) is 32.5 Å². The number of amides is 1. The zero-order valence-electron chi connectivity index (χ0n) is 12.1. The molecular weight excluding hydrogens is 271 g/mol. The van der Waals surface area contributed by atoms with E-state index in [0.717, 1.165) is 5.56 Å². The summed E-state index contributed by atoms with van der Waals surface area (Å²) < 4.78 is 14.8. The Kier molecular flexibility index (Phi) is 4.70. The van der Waals surface area contributed by atoms with Gasteiger partial charge in [0, 0.05) is 12.2 Å². The fourth-order valence-corrected chi connectivity index (χ4v) is 2.18. The van der Waals surface area contributed by atoms with E-state index in [4.69, 9.17) is 5.73 Å². The van der Waals surface area contributed by atoms with Crippen molar-refractivity contribution in [2.75, 3.05) is 0 Å². The van der Waals surface area contributed by atoms with Gasteiger partial charge in [0.1, 0.15) is 11.9 Å². The molecule has 2 aromatic rings. The van der Waals surface area contributed by atoms with Gasteiger partial charge in [-0.25, -0.2) is 4.39 Å². The monoisotopic (exact) mass is 290 g/mol. The van der Waals surface area contributed by atoms with Crippen molar-refractivity contribution >= 4 is 5.91 Å². The Morgan fingerprint density at radius 3 is 2.62 bits per heavy atom. The van der Waals surface area contributed by atoms with Crippen molar-refractivity contribution in [2.24, 2.45) is 5.73 Å². The first-order valence-electron chi connectivity index (χ1n) is 6.75. The second-order valence-electron chi connectivity index (χ2n) is 5.19. The van der Waals surface area contributed by atoms with E-state index in [2.05, 4.69) is 10.4 Å². The van der Waals surface area contributed by atoms with E-state index in [-0.39, 0.29) is 11.9 Å². The van der Waals surface area contributed by atoms with Crippen molar-refractivity contribution in [1.29, 1.82) is 0 Å². The zero-order chi connectivity index (χ0) is 15.4. The Balaban J connectivity index is 2.05. The topological polar surface area (TPSA) is 72.9 Å². The molecule has 6 heteroatoms. The number of nitrogens with two attached hydrogens (primary N) is 1. The molecule has 5 nitrogen and oxygen atoms in total. The highest BCUT2D eigenvalue weighted by molar-refractivity contribution is 5.81. The van der Waals surface area contributed by atoms with E-state index in [1.54, 1.807) is 23.0 Å². The predicted molar refractivity (Wildman–Crippen MR) is 77.9 cm³/mol. The molecule has 0 unspecified atom stereocenters. The normalized spacial score (nSPS) is 13.9. The van der Waals surface area contributed by atoms with Crippen molar-refractivity contribution in [3.8, 4) is 0 Å². The van der Waals surface area contributed by atoms with Crippen molar-refractivity contribution in [3.05, 3.63) is 53.6 Å². The minimum Gasteiger partial charge on any atom is -0.368 e. The lowest BCUT2D eigenvalue weighted by atomic mass is 10.1. The van der Waals surface area contributed by atoms with Crippen LogP contribution in [0.4, 0.5) is 4.39 Å². The summed E-state index contributed by atoms with van der Waals surface area (Å²) in [6.07, 6.45) is 3.70. The average Bonchev–Trinajstić information content (AvgIpc) is 2.82. The maximum atomic E-state index is 13.0. The predicted octanol–water partition coefficient (Wildman–Crippen LogP) is 1.54. The smallest absolute Gasteiger partial charge is 0.239 e. The maximum absolute atomic E-state index is 13.0. The Bertz CT molecular complexity index is 608. The first-order chi connectivity index (χ1) is 9.95. The van der Waals surface area contributed by atoms with Crippen LogP contribution >= 0.6 is 0 Å². The van der Waals surface area contributed by atoms with Crippen LogP contribution in [-0.2, 0) is 11.3 Å². The average molecular weight is 290 g/mol. The molecule has 0 saturated heterocycles. The number of carbonyl (C=O) groups is 1. The van der Waals surface area contributed by atoms with Gasteiger partial charge in [0.05, 0.1) is 12.7 Å². The van der Waals surface area contributed by atoms with Gasteiger partial charge in [-0.1, -0.05) is 12.1 Å². The molecule has 0 aliphatic rings. The SMILES string of the molecule is Cc1cnn(C[C@@H](C)N[C@H](C(N)=O)c2ccc(F)cc2)c1. The Morgan fingerprint density at radius 2 is 2.10 bits per heavy atom. The van der Waals surface area contributed by atoms with Gasteiger partial charge in [0.25, 0.3) is 0 Å². The van der Waals surface area contributed by atoms with Crippen LogP contribution in [0, 0.1) is 12.7 Å². The van der Waals surface area contributed by atoms with Crippen LogP contribution in [0.3, 0.4) is 0 Å². The van der Waals surface area contributed by atoms with E-state index in [1.807, 2.05) is 20.0 Å². The van der Waals surface area contributed by atoms with Crippen LogP contribution in [-0.4, -0.2) is 21.7 Å². The molecule has 0 spiro atoms. The van der Waals surface area contributed by atoms with Gasteiger partial charge in [-0.2, -0.15) is 5.10 Å². The summed E-state index contributed by atoms with van der Waals surface area (Å²) in [6.45, 7) is 4.52. The molecule has 21 heavy (non-hydrogen) atoms. The van der Waals surface area contributed by atoms with Crippen LogP contribution in [0.1, 0.15) is 24.1 Å². The van der Waals surface area contributed by atoms with Crippen molar-refractivity contribution in [1.82, 2.24) is 15.1 Å². The molecule has 1 aromatic heterocycles. The van der Waals surface area contributed by atoms with Gasteiger partial charge in [0.15, 0.2) is 0 Å². The van der Waals surface area contributed by atoms with Crippen LogP contribution in [0.2, 0.25) is 0 Å². The lowest BCUT2D eigenvalue weighted by molar-refractivity contribution is -0.120. The molecule has 0 bridgehead atoms. The van der Waals surface area contributed by atoms with Gasteiger partial charge >= 0.3 is 0 Å². The summed E-state index contributed by atoms with van der Waals surface area (Å²) in [4.78, 5) is 11.6. The summed E-state index contributed by atoms with van der Waals surface area (Å²) in [5.74, 6) is -0.841. The second-order valence-corrected chi connectivity index (χ2v) is 5.19. The molecule has 2 rings (SSSR count). The number of benzene rings is 1.